The Kier molecular flexibility index (Phi) is 5.44. The summed E-state index contributed by atoms with van der Waals surface area (Å²) in [6, 6.07) is 11.5. The average Bonchev–Trinajstić information content (AvgIpc) is 3.44. The van der Waals surface area contributed by atoms with Gasteiger partial charge in [0.2, 0.25) is 5.91 Å². The predicted octanol–water partition coefficient (Wildman–Crippen LogP) is 3.65. The number of nitrogens with one attached hydrogen (secondary N) is 1. The van der Waals surface area contributed by atoms with Gasteiger partial charge in [0, 0.05) is 50.5 Å². The molecule has 1 N–H and O–H groups in total. The van der Waals surface area contributed by atoms with Crippen LogP contribution in [-0.4, -0.2) is 36.9 Å². The van der Waals surface area contributed by atoms with Crippen molar-refractivity contribution in [1.82, 2.24) is 4.90 Å². The smallest absolute Gasteiger partial charge is 0.255 e. The Bertz CT molecular complexity index is 862. The van der Waals surface area contributed by atoms with Gasteiger partial charge in [-0.05, 0) is 54.8 Å². The first-order valence-electron chi connectivity index (χ1n) is 8.99. The van der Waals surface area contributed by atoms with Gasteiger partial charge >= 0.3 is 0 Å². The number of benzene rings is 2. The van der Waals surface area contributed by atoms with Crippen molar-refractivity contribution in [2.75, 3.05) is 24.3 Å². The Morgan fingerprint density at radius 1 is 1.15 bits per heavy atom. The molecular formula is C21H24FN3O2. The molecule has 27 heavy (non-hydrogen) atoms. The van der Waals surface area contributed by atoms with Gasteiger partial charge < -0.3 is 15.1 Å². The monoisotopic (exact) mass is 369 g/mol. The molecule has 1 fully saturated rings. The molecule has 0 aromatic heterocycles. The molecule has 1 aliphatic rings. The van der Waals surface area contributed by atoms with E-state index in [9.17, 15) is 14.0 Å². The predicted molar refractivity (Wildman–Crippen MR) is 104 cm³/mol. The number of anilines is 2. The summed E-state index contributed by atoms with van der Waals surface area (Å²) < 4.78 is 13.3. The van der Waals surface area contributed by atoms with E-state index in [0.717, 1.165) is 24.1 Å². The number of halogens is 1. The van der Waals surface area contributed by atoms with Crippen LogP contribution < -0.4 is 10.2 Å². The Morgan fingerprint density at radius 2 is 1.89 bits per heavy atom. The molecule has 3 rings (SSSR count). The molecule has 2 amide bonds. The van der Waals surface area contributed by atoms with Crippen LogP contribution in [0.2, 0.25) is 0 Å². The quantitative estimate of drug-likeness (QED) is 0.846. The Hall–Kier alpha value is -2.89. The van der Waals surface area contributed by atoms with Gasteiger partial charge in [0.15, 0.2) is 0 Å². The second kappa shape index (κ2) is 7.78. The van der Waals surface area contributed by atoms with E-state index in [0.29, 0.717) is 18.3 Å². The van der Waals surface area contributed by atoms with Gasteiger partial charge in [0.25, 0.3) is 5.91 Å². The lowest BCUT2D eigenvalue weighted by Crippen LogP contribution is -2.31. The lowest BCUT2D eigenvalue weighted by molar-refractivity contribution is -0.130. The van der Waals surface area contributed by atoms with E-state index in [-0.39, 0.29) is 17.4 Å². The SMILES string of the molecule is CC(=O)N(Cc1cc(NC(=O)c2cccc(F)c2)ccc1N(C)C)C1CC1. The maximum Gasteiger partial charge on any atom is 0.255 e. The van der Waals surface area contributed by atoms with Crippen LogP contribution in [0.25, 0.3) is 0 Å². The molecule has 0 spiro atoms. The highest BCUT2D eigenvalue weighted by molar-refractivity contribution is 6.04. The van der Waals surface area contributed by atoms with E-state index < -0.39 is 5.82 Å². The lowest BCUT2D eigenvalue weighted by atomic mass is 10.1. The van der Waals surface area contributed by atoms with Gasteiger partial charge in [0.05, 0.1) is 0 Å². The van der Waals surface area contributed by atoms with E-state index in [4.69, 9.17) is 0 Å². The van der Waals surface area contributed by atoms with Crippen LogP contribution in [0.4, 0.5) is 15.8 Å². The van der Waals surface area contributed by atoms with Gasteiger partial charge in [-0.25, -0.2) is 4.39 Å². The highest BCUT2D eigenvalue weighted by atomic mass is 19.1. The first-order valence-corrected chi connectivity index (χ1v) is 8.99. The van der Waals surface area contributed by atoms with Crippen molar-refractivity contribution in [3.8, 4) is 0 Å². The maximum absolute atomic E-state index is 13.3. The van der Waals surface area contributed by atoms with Crippen molar-refractivity contribution in [3.05, 3.63) is 59.4 Å². The topological polar surface area (TPSA) is 52.7 Å². The number of carbonyl (C=O) groups excluding carboxylic acids is 2. The molecular weight excluding hydrogens is 345 g/mol. The fourth-order valence-electron chi connectivity index (χ4n) is 3.13. The van der Waals surface area contributed by atoms with E-state index in [1.807, 2.05) is 42.1 Å². The van der Waals surface area contributed by atoms with E-state index in [1.165, 1.54) is 18.2 Å². The molecule has 0 unspecified atom stereocenters. The third-order valence-corrected chi connectivity index (χ3v) is 4.64. The van der Waals surface area contributed by atoms with Crippen molar-refractivity contribution in [1.29, 1.82) is 0 Å². The highest BCUT2D eigenvalue weighted by Crippen LogP contribution is 2.31. The number of amides is 2. The minimum absolute atomic E-state index is 0.0522. The van der Waals surface area contributed by atoms with Crippen molar-refractivity contribution < 1.29 is 14.0 Å². The molecule has 2 aromatic carbocycles. The molecule has 142 valence electrons. The third kappa shape index (κ3) is 4.64. The van der Waals surface area contributed by atoms with Gasteiger partial charge in [0.1, 0.15) is 5.82 Å². The van der Waals surface area contributed by atoms with E-state index in [2.05, 4.69) is 5.32 Å². The molecule has 0 bridgehead atoms. The second-order valence-corrected chi connectivity index (χ2v) is 7.08. The van der Waals surface area contributed by atoms with Crippen LogP contribution in [0, 0.1) is 5.82 Å². The Balaban J connectivity index is 1.84. The first-order chi connectivity index (χ1) is 12.8. The Morgan fingerprint density at radius 3 is 2.48 bits per heavy atom. The van der Waals surface area contributed by atoms with Crippen LogP contribution in [0.15, 0.2) is 42.5 Å². The van der Waals surface area contributed by atoms with Crippen molar-refractivity contribution >= 4 is 23.2 Å². The molecule has 1 aliphatic carbocycles. The van der Waals surface area contributed by atoms with Crippen LogP contribution in [0.3, 0.4) is 0 Å². The third-order valence-electron chi connectivity index (χ3n) is 4.64. The van der Waals surface area contributed by atoms with Crippen molar-refractivity contribution in [2.24, 2.45) is 0 Å². The summed E-state index contributed by atoms with van der Waals surface area (Å²) in [5.41, 5.74) is 2.82. The highest BCUT2D eigenvalue weighted by Gasteiger charge is 2.31. The minimum Gasteiger partial charge on any atom is -0.377 e. The van der Waals surface area contributed by atoms with E-state index in [1.54, 1.807) is 13.0 Å². The molecule has 0 aliphatic heterocycles. The van der Waals surface area contributed by atoms with Crippen molar-refractivity contribution in [3.63, 3.8) is 0 Å². The van der Waals surface area contributed by atoms with Gasteiger partial charge in [-0.2, -0.15) is 0 Å². The number of nitrogens with zero attached hydrogens (tertiary/aromatic N) is 2. The summed E-state index contributed by atoms with van der Waals surface area (Å²) in [4.78, 5) is 28.3. The average molecular weight is 369 g/mol. The zero-order chi connectivity index (χ0) is 19.6. The lowest BCUT2D eigenvalue weighted by Gasteiger charge is -2.25. The summed E-state index contributed by atoms with van der Waals surface area (Å²) in [5.74, 6) is -0.770. The molecule has 2 aromatic rings. The molecule has 0 atom stereocenters. The standard InChI is InChI=1S/C21H24FN3O2/c1-14(26)25(19-8-9-19)13-16-12-18(7-10-20(16)24(2)3)23-21(27)15-5-4-6-17(22)11-15/h4-7,10-12,19H,8-9,13H2,1-3H3,(H,23,27). The first kappa shape index (κ1) is 18.9. The van der Waals surface area contributed by atoms with Crippen LogP contribution in [-0.2, 0) is 11.3 Å². The molecule has 1 saturated carbocycles. The minimum atomic E-state index is -0.451. The summed E-state index contributed by atoms with van der Waals surface area (Å²) >= 11 is 0. The van der Waals surface area contributed by atoms with Gasteiger partial charge in [-0.1, -0.05) is 6.07 Å². The van der Waals surface area contributed by atoms with Gasteiger partial charge in [-0.15, -0.1) is 0 Å². The van der Waals surface area contributed by atoms with Gasteiger partial charge in [-0.3, -0.25) is 9.59 Å². The zero-order valence-corrected chi connectivity index (χ0v) is 15.8. The van der Waals surface area contributed by atoms with Crippen molar-refractivity contribution in [2.45, 2.75) is 32.4 Å². The molecule has 0 saturated heterocycles. The number of hydrogen-bond acceptors (Lipinski definition) is 3. The fraction of sp³-hybridized carbons (Fsp3) is 0.333. The Labute approximate surface area is 158 Å². The summed E-state index contributed by atoms with van der Waals surface area (Å²) in [5, 5.41) is 2.81. The summed E-state index contributed by atoms with van der Waals surface area (Å²) in [6.07, 6.45) is 2.07. The molecule has 6 heteroatoms. The van der Waals surface area contributed by atoms with Crippen LogP contribution in [0.5, 0.6) is 0 Å². The second-order valence-electron chi connectivity index (χ2n) is 7.08. The van der Waals surface area contributed by atoms with Crippen LogP contribution in [0.1, 0.15) is 35.7 Å². The zero-order valence-electron chi connectivity index (χ0n) is 15.8. The molecule has 0 radical (unpaired) electrons. The van der Waals surface area contributed by atoms with E-state index >= 15 is 0 Å². The van der Waals surface area contributed by atoms with Crippen LogP contribution >= 0.6 is 0 Å². The summed E-state index contributed by atoms with van der Waals surface area (Å²) in [6.45, 7) is 2.08. The summed E-state index contributed by atoms with van der Waals surface area (Å²) in [7, 11) is 3.89. The number of carbonyl (C=O) groups is 2. The molecule has 0 heterocycles. The number of rotatable bonds is 6. The number of hydrogen-bond donors (Lipinski definition) is 1. The molecule has 5 nitrogen and oxygen atoms in total. The maximum atomic E-state index is 13.3. The normalized spacial score (nSPS) is 13.2. The fourth-order valence-corrected chi connectivity index (χ4v) is 3.13. The largest absolute Gasteiger partial charge is 0.377 e.